The molecule has 0 spiro atoms. The van der Waals surface area contributed by atoms with Crippen molar-refractivity contribution in [3.63, 3.8) is 0 Å². The van der Waals surface area contributed by atoms with E-state index in [4.69, 9.17) is 0 Å². The molecule has 0 aromatic heterocycles. The standard InChI is InChI=1S/C15H20F2O/c16-13-8-12(9-14(17)10-13)15(18)7-11-5-3-1-2-4-6-11/h8-11,15,18H,1-7H2. The Morgan fingerprint density at radius 2 is 1.56 bits per heavy atom. The lowest BCUT2D eigenvalue weighted by atomic mass is 9.91. The van der Waals surface area contributed by atoms with Gasteiger partial charge in [0.1, 0.15) is 11.6 Å². The summed E-state index contributed by atoms with van der Waals surface area (Å²) in [5.41, 5.74) is 0.358. The zero-order chi connectivity index (χ0) is 13.0. The average Bonchev–Trinajstić information content (AvgIpc) is 2.56. The number of aliphatic hydroxyl groups is 1. The molecule has 1 N–H and O–H groups in total. The van der Waals surface area contributed by atoms with Gasteiger partial charge in [-0.25, -0.2) is 8.78 Å². The minimum Gasteiger partial charge on any atom is -0.388 e. The Morgan fingerprint density at radius 1 is 1.00 bits per heavy atom. The topological polar surface area (TPSA) is 20.2 Å². The fourth-order valence-corrected chi connectivity index (χ4v) is 2.82. The highest BCUT2D eigenvalue weighted by atomic mass is 19.1. The molecule has 0 radical (unpaired) electrons. The zero-order valence-corrected chi connectivity index (χ0v) is 10.5. The summed E-state index contributed by atoms with van der Waals surface area (Å²) in [4.78, 5) is 0. The smallest absolute Gasteiger partial charge is 0.126 e. The van der Waals surface area contributed by atoms with E-state index in [0.29, 0.717) is 17.9 Å². The first-order chi connectivity index (χ1) is 8.65. The van der Waals surface area contributed by atoms with Crippen LogP contribution in [0.25, 0.3) is 0 Å². The predicted molar refractivity (Wildman–Crippen MR) is 67.1 cm³/mol. The molecule has 0 amide bonds. The average molecular weight is 254 g/mol. The van der Waals surface area contributed by atoms with Gasteiger partial charge in [-0.2, -0.15) is 0 Å². The molecule has 100 valence electrons. The Balaban J connectivity index is 1.99. The third-order valence-electron chi connectivity index (χ3n) is 3.80. The maximum atomic E-state index is 13.1. The first-order valence-electron chi connectivity index (χ1n) is 6.79. The quantitative estimate of drug-likeness (QED) is 0.795. The molecule has 1 unspecified atom stereocenters. The first-order valence-corrected chi connectivity index (χ1v) is 6.79. The van der Waals surface area contributed by atoms with Gasteiger partial charge in [-0.1, -0.05) is 38.5 Å². The van der Waals surface area contributed by atoms with E-state index in [1.807, 2.05) is 0 Å². The number of rotatable bonds is 3. The molecular weight excluding hydrogens is 234 g/mol. The fraction of sp³-hybridized carbons (Fsp3) is 0.600. The van der Waals surface area contributed by atoms with Crippen molar-refractivity contribution in [3.8, 4) is 0 Å². The Kier molecular flexibility index (Phi) is 4.70. The number of aliphatic hydroxyl groups excluding tert-OH is 1. The van der Waals surface area contributed by atoms with Gasteiger partial charge in [0.15, 0.2) is 0 Å². The third-order valence-corrected chi connectivity index (χ3v) is 3.80. The van der Waals surface area contributed by atoms with Crippen LogP contribution in [0.15, 0.2) is 18.2 Å². The monoisotopic (exact) mass is 254 g/mol. The van der Waals surface area contributed by atoms with Crippen molar-refractivity contribution in [3.05, 3.63) is 35.4 Å². The zero-order valence-electron chi connectivity index (χ0n) is 10.5. The van der Waals surface area contributed by atoms with Gasteiger partial charge in [0.05, 0.1) is 6.10 Å². The van der Waals surface area contributed by atoms with Crippen LogP contribution >= 0.6 is 0 Å². The molecule has 1 nitrogen and oxygen atoms in total. The predicted octanol–water partition coefficient (Wildman–Crippen LogP) is 4.36. The van der Waals surface area contributed by atoms with Crippen LogP contribution in [0.3, 0.4) is 0 Å². The Hall–Kier alpha value is -0.960. The van der Waals surface area contributed by atoms with E-state index in [9.17, 15) is 13.9 Å². The van der Waals surface area contributed by atoms with Crippen molar-refractivity contribution in [2.45, 2.75) is 51.0 Å². The normalized spacial score (nSPS) is 19.5. The van der Waals surface area contributed by atoms with Crippen LogP contribution in [0.1, 0.15) is 56.6 Å². The molecule has 1 aliphatic rings. The van der Waals surface area contributed by atoms with E-state index in [0.717, 1.165) is 18.9 Å². The number of hydrogen-bond donors (Lipinski definition) is 1. The van der Waals surface area contributed by atoms with Gasteiger partial charge in [0.2, 0.25) is 0 Å². The van der Waals surface area contributed by atoms with E-state index in [1.54, 1.807) is 0 Å². The summed E-state index contributed by atoms with van der Waals surface area (Å²) in [5.74, 6) is -0.760. The Morgan fingerprint density at radius 3 is 2.11 bits per heavy atom. The lowest BCUT2D eigenvalue weighted by Crippen LogP contribution is -2.07. The second kappa shape index (κ2) is 6.28. The molecule has 0 saturated heterocycles. The highest BCUT2D eigenvalue weighted by molar-refractivity contribution is 5.20. The van der Waals surface area contributed by atoms with Gasteiger partial charge < -0.3 is 5.11 Å². The molecule has 0 heterocycles. The van der Waals surface area contributed by atoms with Crippen molar-refractivity contribution in [1.29, 1.82) is 0 Å². The Bertz CT molecular complexity index is 364. The second-order valence-electron chi connectivity index (χ2n) is 5.31. The molecular formula is C15H20F2O. The molecule has 1 aliphatic carbocycles. The van der Waals surface area contributed by atoms with Crippen molar-refractivity contribution in [2.75, 3.05) is 0 Å². The van der Waals surface area contributed by atoms with Crippen LogP contribution < -0.4 is 0 Å². The molecule has 1 fully saturated rings. The summed E-state index contributed by atoms with van der Waals surface area (Å²) < 4.78 is 26.2. The fourth-order valence-electron chi connectivity index (χ4n) is 2.82. The number of benzene rings is 1. The summed E-state index contributed by atoms with van der Waals surface area (Å²) in [6.45, 7) is 0. The minimum absolute atomic E-state index is 0.358. The first kappa shape index (κ1) is 13.5. The van der Waals surface area contributed by atoms with Crippen molar-refractivity contribution < 1.29 is 13.9 Å². The van der Waals surface area contributed by atoms with Gasteiger partial charge >= 0.3 is 0 Å². The van der Waals surface area contributed by atoms with Crippen LogP contribution in [0.4, 0.5) is 8.78 Å². The van der Waals surface area contributed by atoms with Gasteiger partial charge in [0.25, 0.3) is 0 Å². The van der Waals surface area contributed by atoms with Crippen molar-refractivity contribution >= 4 is 0 Å². The second-order valence-corrected chi connectivity index (χ2v) is 5.31. The molecule has 0 bridgehead atoms. The maximum Gasteiger partial charge on any atom is 0.126 e. The van der Waals surface area contributed by atoms with Gasteiger partial charge in [-0.05, 0) is 30.0 Å². The molecule has 3 heteroatoms. The largest absolute Gasteiger partial charge is 0.388 e. The highest BCUT2D eigenvalue weighted by Gasteiger charge is 2.18. The van der Waals surface area contributed by atoms with Crippen LogP contribution in [-0.2, 0) is 0 Å². The van der Waals surface area contributed by atoms with E-state index < -0.39 is 17.7 Å². The molecule has 1 saturated carbocycles. The lowest BCUT2D eigenvalue weighted by molar-refractivity contribution is 0.138. The lowest BCUT2D eigenvalue weighted by Gasteiger charge is -2.18. The van der Waals surface area contributed by atoms with Crippen LogP contribution in [-0.4, -0.2) is 5.11 Å². The summed E-state index contributed by atoms with van der Waals surface area (Å²) >= 11 is 0. The third kappa shape index (κ3) is 3.77. The highest BCUT2D eigenvalue weighted by Crippen LogP contribution is 2.31. The van der Waals surface area contributed by atoms with E-state index in [1.165, 1.54) is 37.8 Å². The molecule has 18 heavy (non-hydrogen) atoms. The summed E-state index contributed by atoms with van der Waals surface area (Å²) in [5, 5.41) is 10.1. The summed E-state index contributed by atoms with van der Waals surface area (Å²) in [7, 11) is 0. The van der Waals surface area contributed by atoms with Gasteiger partial charge in [-0.15, -0.1) is 0 Å². The van der Waals surface area contributed by atoms with Gasteiger partial charge in [0, 0.05) is 6.07 Å². The number of halogens is 2. The molecule has 1 aromatic carbocycles. The van der Waals surface area contributed by atoms with Crippen molar-refractivity contribution in [1.82, 2.24) is 0 Å². The molecule has 1 atom stereocenters. The van der Waals surface area contributed by atoms with E-state index in [2.05, 4.69) is 0 Å². The maximum absolute atomic E-state index is 13.1. The van der Waals surface area contributed by atoms with E-state index in [-0.39, 0.29) is 0 Å². The molecule has 1 aromatic rings. The van der Waals surface area contributed by atoms with E-state index >= 15 is 0 Å². The molecule has 2 rings (SSSR count). The minimum atomic E-state index is -0.752. The van der Waals surface area contributed by atoms with Crippen molar-refractivity contribution in [2.24, 2.45) is 5.92 Å². The van der Waals surface area contributed by atoms with Crippen LogP contribution in [0, 0.1) is 17.6 Å². The Labute approximate surface area is 107 Å². The van der Waals surface area contributed by atoms with Crippen LogP contribution in [0.5, 0.6) is 0 Å². The SMILES string of the molecule is OC(CC1CCCCCC1)c1cc(F)cc(F)c1. The number of hydrogen-bond acceptors (Lipinski definition) is 1. The van der Waals surface area contributed by atoms with Gasteiger partial charge in [-0.3, -0.25) is 0 Å². The molecule has 0 aliphatic heterocycles. The summed E-state index contributed by atoms with van der Waals surface area (Å²) in [6, 6.07) is 3.29. The summed E-state index contributed by atoms with van der Waals surface area (Å²) in [6.07, 6.45) is 7.04. The van der Waals surface area contributed by atoms with Crippen LogP contribution in [0.2, 0.25) is 0 Å².